The highest BCUT2D eigenvalue weighted by atomic mass is 16.5. The summed E-state index contributed by atoms with van der Waals surface area (Å²) in [5, 5.41) is 2.51. The lowest BCUT2D eigenvalue weighted by Crippen LogP contribution is -2.44. The lowest BCUT2D eigenvalue weighted by Gasteiger charge is -2.12. The highest BCUT2D eigenvalue weighted by molar-refractivity contribution is 5.95. The van der Waals surface area contributed by atoms with Gasteiger partial charge in [-0.15, -0.1) is 0 Å². The van der Waals surface area contributed by atoms with Gasteiger partial charge in [-0.25, -0.2) is 9.97 Å². The zero-order valence-electron chi connectivity index (χ0n) is 11.3. The van der Waals surface area contributed by atoms with Gasteiger partial charge in [-0.05, 0) is 25.2 Å². The third-order valence-corrected chi connectivity index (χ3v) is 3.08. The largest absolute Gasteiger partial charge is 0.476 e. The lowest BCUT2D eigenvalue weighted by molar-refractivity contribution is -0.119. The number of nitrogens with one attached hydrogen (secondary N) is 1. The normalized spacial score (nSPS) is 15.4. The predicted octanol–water partition coefficient (Wildman–Crippen LogP) is 0.259. The van der Waals surface area contributed by atoms with Crippen molar-refractivity contribution in [2.75, 3.05) is 6.61 Å². The maximum Gasteiger partial charge on any atom is 0.272 e. The fraction of sp³-hybridized carbons (Fsp3) is 0.538. The molecule has 0 spiro atoms. The van der Waals surface area contributed by atoms with Crippen LogP contribution in [-0.4, -0.2) is 34.4 Å². The number of carbonyl (C=O) groups excluding carboxylic acids is 2. The molecule has 2 rings (SSSR count). The van der Waals surface area contributed by atoms with Crippen molar-refractivity contribution in [3.8, 4) is 5.88 Å². The van der Waals surface area contributed by atoms with Gasteiger partial charge in [0.15, 0.2) is 0 Å². The first-order chi connectivity index (χ1) is 9.60. The predicted molar refractivity (Wildman–Crippen MR) is 71.0 cm³/mol. The second-order valence-corrected chi connectivity index (χ2v) is 4.83. The zero-order chi connectivity index (χ0) is 14.5. The van der Waals surface area contributed by atoms with Gasteiger partial charge in [0.05, 0.1) is 19.0 Å². The Morgan fingerprint density at radius 1 is 1.45 bits per heavy atom. The molecule has 1 aromatic rings. The monoisotopic (exact) mass is 278 g/mol. The van der Waals surface area contributed by atoms with Gasteiger partial charge in [0, 0.05) is 0 Å². The van der Waals surface area contributed by atoms with Crippen LogP contribution in [0.2, 0.25) is 0 Å². The van der Waals surface area contributed by atoms with E-state index >= 15 is 0 Å². The van der Waals surface area contributed by atoms with Crippen LogP contribution in [0, 0.1) is 5.92 Å². The third kappa shape index (κ3) is 3.91. The molecule has 1 atom stereocenters. The second kappa shape index (κ2) is 6.31. The SMILES string of the molecule is CC[C@@H](NC(=O)c1cnc(OCC2CC2)cn1)C(N)=O. The number of carbonyl (C=O) groups is 2. The summed E-state index contributed by atoms with van der Waals surface area (Å²) in [4.78, 5) is 30.9. The van der Waals surface area contributed by atoms with Crippen molar-refractivity contribution in [1.82, 2.24) is 15.3 Å². The number of primary amides is 1. The van der Waals surface area contributed by atoms with Gasteiger partial charge in [0.1, 0.15) is 11.7 Å². The van der Waals surface area contributed by atoms with Crippen molar-refractivity contribution in [2.24, 2.45) is 11.7 Å². The van der Waals surface area contributed by atoms with Crippen molar-refractivity contribution < 1.29 is 14.3 Å². The average Bonchev–Trinajstić information content (AvgIpc) is 3.26. The maximum absolute atomic E-state index is 11.8. The molecule has 1 aliphatic carbocycles. The number of ether oxygens (including phenoxy) is 1. The molecular weight excluding hydrogens is 260 g/mol. The van der Waals surface area contributed by atoms with E-state index in [0.29, 0.717) is 24.8 Å². The summed E-state index contributed by atoms with van der Waals surface area (Å²) >= 11 is 0. The van der Waals surface area contributed by atoms with Crippen molar-refractivity contribution in [3.63, 3.8) is 0 Å². The number of hydrogen-bond donors (Lipinski definition) is 2. The average molecular weight is 278 g/mol. The minimum atomic E-state index is -0.699. The Balaban J connectivity index is 1.90. The molecule has 3 N–H and O–H groups in total. The standard InChI is InChI=1S/C13H18N4O3/c1-2-9(12(14)18)17-13(19)10-5-16-11(6-15-10)20-7-8-3-4-8/h5-6,8-9H,2-4,7H2,1H3,(H2,14,18)(H,17,19)/t9-/m1/s1. The van der Waals surface area contributed by atoms with E-state index in [1.54, 1.807) is 6.92 Å². The molecule has 1 saturated carbocycles. The first kappa shape index (κ1) is 14.2. The molecular formula is C13H18N4O3. The fourth-order valence-corrected chi connectivity index (χ4v) is 1.60. The molecule has 7 heteroatoms. The molecule has 108 valence electrons. The Hall–Kier alpha value is -2.18. The molecule has 1 fully saturated rings. The van der Waals surface area contributed by atoms with Crippen LogP contribution >= 0.6 is 0 Å². The van der Waals surface area contributed by atoms with Gasteiger partial charge < -0.3 is 15.8 Å². The number of rotatable bonds is 7. The van der Waals surface area contributed by atoms with Gasteiger partial charge in [0.2, 0.25) is 11.8 Å². The fourth-order valence-electron chi connectivity index (χ4n) is 1.60. The van der Waals surface area contributed by atoms with Crippen molar-refractivity contribution >= 4 is 11.8 Å². The number of hydrogen-bond acceptors (Lipinski definition) is 5. The van der Waals surface area contributed by atoms with E-state index in [0.717, 1.165) is 0 Å². The molecule has 7 nitrogen and oxygen atoms in total. The van der Waals surface area contributed by atoms with Crippen LogP contribution < -0.4 is 15.8 Å². The number of nitrogens with zero attached hydrogens (tertiary/aromatic N) is 2. The van der Waals surface area contributed by atoms with E-state index < -0.39 is 17.9 Å². The molecule has 0 bridgehead atoms. The van der Waals surface area contributed by atoms with E-state index in [-0.39, 0.29) is 5.69 Å². The summed E-state index contributed by atoms with van der Waals surface area (Å²) in [6.07, 6.45) is 5.55. The Bertz CT molecular complexity index is 485. The summed E-state index contributed by atoms with van der Waals surface area (Å²) in [5.74, 6) is -0.0221. The Kier molecular flexibility index (Phi) is 4.49. The van der Waals surface area contributed by atoms with Crippen molar-refractivity contribution in [3.05, 3.63) is 18.1 Å². The Morgan fingerprint density at radius 3 is 2.70 bits per heavy atom. The van der Waals surface area contributed by atoms with E-state index in [1.165, 1.54) is 25.2 Å². The first-order valence-electron chi connectivity index (χ1n) is 6.65. The van der Waals surface area contributed by atoms with Gasteiger partial charge in [-0.1, -0.05) is 6.92 Å². The summed E-state index contributed by atoms with van der Waals surface area (Å²) in [6, 6.07) is -0.699. The molecule has 0 unspecified atom stereocenters. The smallest absolute Gasteiger partial charge is 0.272 e. The molecule has 0 aliphatic heterocycles. The zero-order valence-corrected chi connectivity index (χ0v) is 11.3. The highest BCUT2D eigenvalue weighted by Gasteiger charge is 2.22. The Morgan fingerprint density at radius 2 is 2.20 bits per heavy atom. The van der Waals surface area contributed by atoms with Crippen molar-refractivity contribution in [1.29, 1.82) is 0 Å². The quantitative estimate of drug-likeness (QED) is 0.744. The van der Waals surface area contributed by atoms with Gasteiger partial charge >= 0.3 is 0 Å². The second-order valence-electron chi connectivity index (χ2n) is 4.83. The van der Waals surface area contributed by atoms with Crippen LogP contribution in [0.15, 0.2) is 12.4 Å². The summed E-state index contributed by atoms with van der Waals surface area (Å²) in [5.41, 5.74) is 5.29. The lowest BCUT2D eigenvalue weighted by atomic mass is 10.2. The van der Waals surface area contributed by atoms with E-state index in [4.69, 9.17) is 10.5 Å². The summed E-state index contributed by atoms with van der Waals surface area (Å²) in [6.45, 7) is 2.40. The van der Waals surface area contributed by atoms with Crippen LogP contribution in [0.5, 0.6) is 5.88 Å². The van der Waals surface area contributed by atoms with Gasteiger partial charge in [-0.2, -0.15) is 0 Å². The number of nitrogens with two attached hydrogens (primary N) is 1. The molecule has 0 saturated heterocycles. The molecule has 20 heavy (non-hydrogen) atoms. The van der Waals surface area contributed by atoms with Crippen LogP contribution in [0.4, 0.5) is 0 Å². The van der Waals surface area contributed by atoms with Crippen LogP contribution in [0.1, 0.15) is 36.7 Å². The van der Waals surface area contributed by atoms with E-state index in [2.05, 4.69) is 15.3 Å². The Labute approximate surface area is 116 Å². The van der Waals surface area contributed by atoms with Crippen molar-refractivity contribution in [2.45, 2.75) is 32.2 Å². The molecule has 1 aliphatic rings. The topological polar surface area (TPSA) is 107 Å². The molecule has 0 radical (unpaired) electrons. The minimum absolute atomic E-state index is 0.128. The number of amides is 2. The maximum atomic E-state index is 11.8. The van der Waals surface area contributed by atoms with Crippen LogP contribution in [0.25, 0.3) is 0 Å². The summed E-state index contributed by atoms with van der Waals surface area (Å²) < 4.78 is 5.43. The molecule has 1 heterocycles. The molecule has 2 amide bonds. The summed E-state index contributed by atoms with van der Waals surface area (Å²) in [7, 11) is 0. The molecule has 0 aromatic carbocycles. The van der Waals surface area contributed by atoms with E-state index in [9.17, 15) is 9.59 Å². The highest BCUT2D eigenvalue weighted by Crippen LogP contribution is 2.29. The van der Waals surface area contributed by atoms with Crippen LogP contribution in [-0.2, 0) is 4.79 Å². The van der Waals surface area contributed by atoms with E-state index in [1.807, 2.05) is 0 Å². The number of aromatic nitrogens is 2. The third-order valence-electron chi connectivity index (χ3n) is 3.08. The van der Waals surface area contributed by atoms with Gasteiger partial charge in [0.25, 0.3) is 5.91 Å². The van der Waals surface area contributed by atoms with Gasteiger partial charge in [-0.3, -0.25) is 9.59 Å². The first-order valence-corrected chi connectivity index (χ1v) is 6.65. The van der Waals surface area contributed by atoms with Crippen LogP contribution in [0.3, 0.4) is 0 Å². The minimum Gasteiger partial charge on any atom is -0.476 e. The molecule has 1 aromatic heterocycles.